The number of aromatic nitrogens is 2. The van der Waals surface area contributed by atoms with E-state index >= 15 is 0 Å². The molecule has 0 fully saturated rings. The van der Waals surface area contributed by atoms with Gasteiger partial charge in [-0.3, -0.25) is 14.9 Å². The summed E-state index contributed by atoms with van der Waals surface area (Å²) in [6.07, 6.45) is 0. The van der Waals surface area contributed by atoms with Crippen molar-refractivity contribution in [3.8, 4) is 0 Å². The molecule has 126 valence electrons. The van der Waals surface area contributed by atoms with Crippen molar-refractivity contribution in [1.29, 1.82) is 0 Å². The monoisotopic (exact) mass is 332 g/mol. The van der Waals surface area contributed by atoms with Crippen LogP contribution in [0.3, 0.4) is 0 Å². The number of rotatable bonds is 6. The number of carboxylic acid groups (broad SMARTS) is 1. The molecule has 24 heavy (non-hydrogen) atoms. The highest BCUT2D eigenvalue weighted by Gasteiger charge is 2.23. The Morgan fingerprint density at radius 3 is 2.62 bits per heavy atom. The third-order valence-corrected chi connectivity index (χ3v) is 3.26. The van der Waals surface area contributed by atoms with Gasteiger partial charge in [0.1, 0.15) is 6.54 Å². The minimum absolute atomic E-state index is 0.119. The van der Waals surface area contributed by atoms with E-state index in [0.29, 0.717) is 5.69 Å². The van der Waals surface area contributed by atoms with Crippen LogP contribution in [-0.4, -0.2) is 32.5 Å². The van der Waals surface area contributed by atoms with Gasteiger partial charge in [-0.2, -0.15) is 9.97 Å². The molecule has 0 saturated carbocycles. The average Bonchev–Trinajstić information content (AvgIpc) is 2.48. The molecule has 0 aliphatic rings. The molecule has 0 spiro atoms. The molecule has 10 nitrogen and oxygen atoms in total. The van der Waals surface area contributed by atoms with Crippen molar-refractivity contribution in [3.05, 3.63) is 39.4 Å². The summed E-state index contributed by atoms with van der Waals surface area (Å²) >= 11 is 0. The number of aliphatic carboxylic acids is 1. The summed E-state index contributed by atoms with van der Waals surface area (Å²) in [5.41, 5.74) is 7.79. The lowest BCUT2D eigenvalue weighted by Gasteiger charge is -2.11. The van der Waals surface area contributed by atoms with Crippen molar-refractivity contribution in [2.75, 3.05) is 22.9 Å². The van der Waals surface area contributed by atoms with Crippen molar-refractivity contribution in [3.63, 3.8) is 0 Å². The van der Waals surface area contributed by atoms with E-state index in [1.54, 1.807) is 6.07 Å². The predicted molar refractivity (Wildman–Crippen MR) is 88.4 cm³/mol. The number of nitrogens with one attached hydrogen (secondary N) is 2. The summed E-state index contributed by atoms with van der Waals surface area (Å²) < 4.78 is 0. The number of benzene rings is 1. The highest BCUT2D eigenvalue weighted by Crippen LogP contribution is 2.31. The SMILES string of the molecule is Cc1ccc(Nc2nc(NCC(=O)O)nc(N)c2[N+](=O)[O-])cc1C. The zero-order chi connectivity index (χ0) is 17.9. The first-order valence-electron chi connectivity index (χ1n) is 6.89. The Kier molecular flexibility index (Phi) is 4.78. The maximum absolute atomic E-state index is 11.2. The molecule has 1 heterocycles. The fourth-order valence-electron chi connectivity index (χ4n) is 1.93. The first-order chi connectivity index (χ1) is 11.3. The van der Waals surface area contributed by atoms with Crippen LogP contribution in [0.25, 0.3) is 0 Å². The zero-order valence-electron chi connectivity index (χ0n) is 13.0. The number of aryl methyl sites for hydroxylation is 2. The lowest BCUT2D eigenvalue weighted by Crippen LogP contribution is -2.16. The van der Waals surface area contributed by atoms with E-state index in [4.69, 9.17) is 10.8 Å². The van der Waals surface area contributed by atoms with Crippen molar-refractivity contribution >= 4 is 34.9 Å². The number of carboxylic acids is 1. The molecule has 0 unspecified atom stereocenters. The number of nitro groups is 1. The van der Waals surface area contributed by atoms with E-state index in [1.807, 2.05) is 26.0 Å². The molecule has 1 aromatic carbocycles. The van der Waals surface area contributed by atoms with E-state index in [0.717, 1.165) is 11.1 Å². The molecule has 0 bridgehead atoms. The summed E-state index contributed by atoms with van der Waals surface area (Å²) in [7, 11) is 0. The number of hydrogen-bond donors (Lipinski definition) is 4. The number of hydrogen-bond acceptors (Lipinski definition) is 8. The second-order valence-corrected chi connectivity index (χ2v) is 5.06. The van der Waals surface area contributed by atoms with Gasteiger partial charge in [-0.1, -0.05) is 6.07 Å². The molecule has 2 aromatic rings. The molecule has 10 heteroatoms. The first kappa shape index (κ1) is 16.9. The molecule has 0 aliphatic carbocycles. The maximum Gasteiger partial charge on any atom is 0.353 e. The van der Waals surface area contributed by atoms with E-state index in [-0.39, 0.29) is 17.6 Å². The largest absolute Gasteiger partial charge is 0.480 e. The van der Waals surface area contributed by atoms with Gasteiger partial charge in [0.15, 0.2) is 0 Å². The average molecular weight is 332 g/mol. The molecule has 0 amide bonds. The summed E-state index contributed by atoms with van der Waals surface area (Å²) in [6, 6.07) is 5.41. The zero-order valence-corrected chi connectivity index (χ0v) is 13.0. The summed E-state index contributed by atoms with van der Waals surface area (Å²) in [4.78, 5) is 28.8. The molecular weight excluding hydrogens is 316 g/mol. The van der Waals surface area contributed by atoms with Gasteiger partial charge in [-0.05, 0) is 37.1 Å². The molecule has 0 aliphatic heterocycles. The summed E-state index contributed by atoms with van der Waals surface area (Å²) in [5, 5.41) is 25.2. The van der Waals surface area contributed by atoms with E-state index in [9.17, 15) is 14.9 Å². The van der Waals surface area contributed by atoms with Gasteiger partial charge in [0.05, 0.1) is 4.92 Å². The Bertz CT molecular complexity index is 808. The van der Waals surface area contributed by atoms with Crippen molar-refractivity contribution in [2.45, 2.75) is 13.8 Å². The van der Waals surface area contributed by atoms with Gasteiger partial charge in [0, 0.05) is 5.69 Å². The lowest BCUT2D eigenvalue weighted by atomic mass is 10.1. The molecule has 0 radical (unpaired) electrons. The highest BCUT2D eigenvalue weighted by molar-refractivity contribution is 5.76. The lowest BCUT2D eigenvalue weighted by molar-refractivity contribution is -0.383. The van der Waals surface area contributed by atoms with Crippen LogP contribution in [0.15, 0.2) is 18.2 Å². The minimum Gasteiger partial charge on any atom is -0.480 e. The van der Waals surface area contributed by atoms with E-state index in [1.165, 1.54) is 0 Å². The maximum atomic E-state index is 11.2. The highest BCUT2D eigenvalue weighted by atomic mass is 16.6. The van der Waals surface area contributed by atoms with Crippen LogP contribution < -0.4 is 16.4 Å². The van der Waals surface area contributed by atoms with Gasteiger partial charge in [0.25, 0.3) is 0 Å². The summed E-state index contributed by atoms with van der Waals surface area (Å²) in [6.45, 7) is 3.40. The van der Waals surface area contributed by atoms with Crippen molar-refractivity contribution < 1.29 is 14.8 Å². The Morgan fingerprint density at radius 2 is 2.04 bits per heavy atom. The van der Waals surface area contributed by atoms with Crippen LogP contribution in [0.1, 0.15) is 11.1 Å². The molecule has 2 rings (SSSR count). The van der Waals surface area contributed by atoms with Crippen molar-refractivity contribution in [1.82, 2.24) is 9.97 Å². The third kappa shape index (κ3) is 3.85. The smallest absolute Gasteiger partial charge is 0.353 e. The summed E-state index contributed by atoms with van der Waals surface area (Å²) in [5.74, 6) is -1.73. The number of carbonyl (C=O) groups is 1. The fraction of sp³-hybridized carbons (Fsp3) is 0.214. The Morgan fingerprint density at radius 1 is 1.33 bits per heavy atom. The Balaban J connectivity index is 2.42. The molecule has 1 aromatic heterocycles. The molecule has 5 N–H and O–H groups in total. The second kappa shape index (κ2) is 6.77. The van der Waals surface area contributed by atoms with E-state index in [2.05, 4.69) is 20.6 Å². The normalized spacial score (nSPS) is 10.2. The molecule has 0 saturated heterocycles. The minimum atomic E-state index is -1.13. The fourth-order valence-corrected chi connectivity index (χ4v) is 1.93. The van der Waals surface area contributed by atoms with Gasteiger partial charge in [-0.25, -0.2) is 0 Å². The van der Waals surface area contributed by atoms with Crippen LogP contribution in [0.2, 0.25) is 0 Å². The van der Waals surface area contributed by atoms with Gasteiger partial charge >= 0.3 is 11.7 Å². The number of nitrogens with zero attached hydrogens (tertiary/aromatic N) is 3. The van der Waals surface area contributed by atoms with Crippen LogP contribution >= 0.6 is 0 Å². The topological polar surface area (TPSA) is 156 Å². The number of nitrogens with two attached hydrogens (primary N) is 1. The second-order valence-electron chi connectivity index (χ2n) is 5.06. The Hall–Kier alpha value is -3.43. The standard InChI is InChI=1S/C14H16N6O4/c1-7-3-4-9(5-8(7)2)17-13-11(20(23)24)12(15)18-14(19-13)16-6-10(21)22/h3-5H,6H2,1-2H3,(H,21,22)(H4,15,16,17,18,19). The Labute approximate surface area is 136 Å². The van der Waals surface area contributed by atoms with Crippen LogP contribution in [-0.2, 0) is 4.79 Å². The van der Waals surface area contributed by atoms with Gasteiger partial charge in [-0.15, -0.1) is 0 Å². The molecular formula is C14H16N6O4. The third-order valence-electron chi connectivity index (χ3n) is 3.26. The van der Waals surface area contributed by atoms with Gasteiger partial charge in [0.2, 0.25) is 17.6 Å². The van der Waals surface area contributed by atoms with Crippen LogP contribution in [0.4, 0.5) is 29.0 Å². The quantitative estimate of drug-likeness (QED) is 0.457. The van der Waals surface area contributed by atoms with Crippen molar-refractivity contribution in [2.24, 2.45) is 0 Å². The molecule has 0 atom stereocenters. The van der Waals surface area contributed by atoms with E-state index < -0.39 is 23.1 Å². The van der Waals surface area contributed by atoms with Gasteiger partial charge < -0.3 is 21.5 Å². The predicted octanol–water partition coefficient (Wildman–Crippen LogP) is 1.82. The number of nitrogen functional groups attached to an aromatic ring is 1. The first-order valence-corrected chi connectivity index (χ1v) is 6.89. The van der Waals surface area contributed by atoms with Crippen LogP contribution in [0.5, 0.6) is 0 Å². The number of anilines is 4. The van der Waals surface area contributed by atoms with Crippen LogP contribution in [0, 0.1) is 24.0 Å².